The Morgan fingerprint density at radius 1 is 0.842 bits per heavy atom. The van der Waals surface area contributed by atoms with Crippen molar-refractivity contribution in [3.05, 3.63) is 108 Å². The molecule has 190 valence electrons. The lowest BCUT2D eigenvalue weighted by Crippen LogP contribution is -2.54. The summed E-state index contributed by atoms with van der Waals surface area (Å²) in [4.78, 5) is 39.5. The number of barbiturate groups is 1. The molecule has 1 aliphatic rings. The fraction of sp³-hybridized carbons (Fsp3) is 0.100. The number of benzene rings is 4. The van der Waals surface area contributed by atoms with Gasteiger partial charge < -0.3 is 4.74 Å². The molecular formula is C30H22I2N2O4. The van der Waals surface area contributed by atoms with E-state index >= 15 is 0 Å². The SMILES string of the molecule is Cc1cc(C)cc(N2C(=O)NC(=O)/C(=C\c3cc(I)c(OCc4ccc5ccccc5c4)c(I)c3)C2=O)c1. The van der Waals surface area contributed by atoms with Gasteiger partial charge in [-0.1, -0.05) is 42.5 Å². The van der Waals surface area contributed by atoms with Crippen LogP contribution in [0.2, 0.25) is 0 Å². The maximum atomic E-state index is 13.3. The molecule has 1 aliphatic heterocycles. The fourth-order valence-electron chi connectivity index (χ4n) is 4.42. The first-order chi connectivity index (χ1) is 18.2. The molecule has 0 radical (unpaired) electrons. The molecular weight excluding hydrogens is 706 g/mol. The Bertz CT molecular complexity index is 1620. The van der Waals surface area contributed by atoms with Crippen LogP contribution in [0.15, 0.2) is 78.4 Å². The quantitative estimate of drug-likeness (QED) is 0.138. The summed E-state index contributed by atoms with van der Waals surface area (Å²) in [5.41, 5.74) is 3.84. The number of fused-ring (bicyclic) bond motifs is 1. The van der Waals surface area contributed by atoms with Gasteiger partial charge in [0.15, 0.2) is 0 Å². The summed E-state index contributed by atoms with van der Waals surface area (Å²) in [6, 6.07) is 22.8. The van der Waals surface area contributed by atoms with E-state index in [4.69, 9.17) is 4.74 Å². The maximum Gasteiger partial charge on any atom is 0.335 e. The largest absolute Gasteiger partial charge is 0.487 e. The van der Waals surface area contributed by atoms with Gasteiger partial charge in [0.1, 0.15) is 17.9 Å². The second-order valence-corrected chi connectivity index (χ2v) is 11.4. The molecule has 4 amide bonds. The van der Waals surface area contributed by atoms with Crippen LogP contribution in [0.5, 0.6) is 5.75 Å². The number of carbonyl (C=O) groups is 3. The van der Waals surface area contributed by atoms with E-state index in [9.17, 15) is 14.4 Å². The summed E-state index contributed by atoms with van der Waals surface area (Å²) >= 11 is 4.38. The van der Waals surface area contributed by atoms with Gasteiger partial charge in [0.05, 0.1) is 12.8 Å². The zero-order chi connectivity index (χ0) is 27.0. The van der Waals surface area contributed by atoms with E-state index < -0.39 is 17.8 Å². The van der Waals surface area contributed by atoms with Crippen molar-refractivity contribution < 1.29 is 19.1 Å². The number of halogens is 2. The average molecular weight is 728 g/mol. The highest BCUT2D eigenvalue weighted by Gasteiger charge is 2.37. The molecule has 0 aromatic heterocycles. The van der Waals surface area contributed by atoms with Crippen molar-refractivity contribution in [2.75, 3.05) is 4.90 Å². The topological polar surface area (TPSA) is 75.7 Å². The van der Waals surface area contributed by atoms with Crippen LogP contribution in [-0.4, -0.2) is 17.8 Å². The van der Waals surface area contributed by atoms with Crippen LogP contribution < -0.4 is 15.0 Å². The van der Waals surface area contributed by atoms with Crippen molar-refractivity contribution in [3.63, 3.8) is 0 Å². The van der Waals surface area contributed by atoms with Gasteiger partial charge in [0.25, 0.3) is 11.8 Å². The Labute approximate surface area is 247 Å². The third-order valence-electron chi connectivity index (χ3n) is 6.09. The van der Waals surface area contributed by atoms with Gasteiger partial charge in [-0.2, -0.15) is 0 Å². The van der Waals surface area contributed by atoms with E-state index in [2.05, 4.69) is 80.8 Å². The minimum atomic E-state index is -0.760. The summed E-state index contributed by atoms with van der Waals surface area (Å²) in [7, 11) is 0. The predicted octanol–water partition coefficient (Wildman–Crippen LogP) is 6.91. The van der Waals surface area contributed by atoms with E-state index in [1.807, 2.05) is 44.2 Å². The van der Waals surface area contributed by atoms with E-state index in [1.165, 1.54) is 11.5 Å². The highest BCUT2D eigenvalue weighted by molar-refractivity contribution is 14.1. The minimum absolute atomic E-state index is 0.111. The van der Waals surface area contributed by atoms with Gasteiger partial charge in [0.2, 0.25) is 0 Å². The number of ether oxygens (including phenoxy) is 1. The molecule has 8 heteroatoms. The summed E-state index contributed by atoms with van der Waals surface area (Å²) in [6.45, 7) is 4.18. The maximum absolute atomic E-state index is 13.3. The number of urea groups is 1. The van der Waals surface area contributed by atoms with Gasteiger partial charge in [-0.3, -0.25) is 14.9 Å². The lowest BCUT2D eigenvalue weighted by atomic mass is 10.1. The normalized spacial score (nSPS) is 14.8. The second kappa shape index (κ2) is 10.9. The smallest absolute Gasteiger partial charge is 0.335 e. The zero-order valence-electron chi connectivity index (χ0n) is 20.5. The summed E-state index contributed by atoms with van der Waals surface area (Å²) in [5.74, 6) is -0.652. The molecule has 4 aromatic rings. The zero-order valence-corrected chi connectivity index (χ0v) is 24.9. The Morgan fingerprint density at radius 3 is 2.18 bits per heavy atom. The number of imide groups is 2. The van der Waals surface area contributed by atoms with E-state index in [1.54, 1.807) is 12.1 Å². The number of amides is 4. The van der Waals surface area contributed by atoms with Gasteiger partial charge in [-0.15, -0.1) is 0 Å². The lowest BCUT2D eigenvalue weighted by Gasteiger charge is -2.27. The third kappa shape index (κ3) is 5.46. The number of hydrogen-bond acceptors (Lipinski definition) is 4. The van der Waals surface area contributed by atoms with Gasteiger partial charge in [0, 0.05) is 0 Å². The van der Waals surface area contributed by atoms with Crippen LogP contribution in [-0.2, 0) is 16.2 Å². The first kappa shape index (κ1) is 26.4. The molecule has 1 heterocycles. The van der Waals surface area contributed by atoms with E-state index in [0.29, 0.717) is 17.9 Å². The van der Waals surface area contributed by atoms with Crippen molar-refractivity contribution in [1.29, 1.82) is 0 Å². The van der Waals surface area contributed by atoms with Gasteiger partial charge in [-0.25, -0.2) is 9.69 Å². The molecule has 0 spiro atoms. The highest BCUT2D eigenvalue weighted by Crippen LogP contribution is 2.32. The third-order valence-corrected chi connectivity index (χ3v) is 7.70. The number of hydrogen-bond donors (Lipinski definition) is 1. The molecule has 4 aromatic carbocycles. The predicted molar refractivity (Wildman–Crippen MR) is 165 cm³/mol. The number of carbonyl (C=O) groups excluding carboxylic acids is 3. The first-order valence-corrected chi connectivity index (χ1v) is 13.9. The van der Waals surface area contributed by atoms with Crippen molar-refractivity contribution in [2.24, 2.45) is 0 Å². The van der Waals surface area contributed by atoms with Crippen molar-refractivity contribution >= 4 is 85.6 Å². The molecule has 0 atom stereocenters. The molecule has 1 saturated heterocycles. The first-order valence-electron chi connectivity index (χ1n) is 11.8. The molecule has 0 aliphatic carbocycles. The number of nitrogens with zero attached hydrogens (tertiary/aromatic N) is 1. The summed E-state index contributed by atoms with van der Waals surface area (Å²) < 4.78 is 7.85. The standard InChI is InChI=1S/C30H22I2N2O4/c1-17-9-18(2)11-23(10-17)34-29(36)24(28(35)33-30(34)37)13-20-14-25(31)27(26(32)15-20)38-16-19-7-8-21-5-3-4-6-22(21)12-19/h3-15H,16H2,1-2H3,(H,33,35,37)/b24-13+. The fourth-order valence-corrected chi connectivity index (χ4v) is 6.55. The molecule has 1 fully saturated rings. The Balaban J connectivity index is 1.40. The van der Waals surface area contributed by atoms with E-state index in [0.717, 1.165) is 39.9 Å². The molecule has 0 bridgehead atoms. The highest BCUT2D eigenvalue weighted by atomic mass is 127. The minimum Gasteiger partial charge on any atom is -0.487 e. The molecule has 38 heavy (non-hydrogen) atoms. The molecule has 5 rings (SSSR count). The summed E-state index contributed by atoms with van der Waals surface area (Å²) in [6.07, 6.45) is 1.51. The van der Waals surface area contributed by atoms with Gasteiger partial charge >= 0.3 is 6.03 Å². The monoisotopic (exact) mass is 728 g/mol. The molecule has 6 nitrogen and oxygen atoms in total. The van der Waals surface area contributed by atoms with Gasteiger partial charge in [-0.05, 0) is 128 Å². The number of anilines is 1. The van der Waals surface area contributed by atoms with Crippen LogP contribution in [0.1, 0.15) is 22.3 Å². The van der Waals surface area contributed by atoms with Crippen LogP contribution >= 0.6 is 45.2 Å². The molecule has 1 N–H and O–H groups in total. The van der Waals surface area contributed by atoms with Crippen LogP contribution in [0, 0.1) is 21.0 Å². The Hall–Kier alpha value is -3.25. The van der Waals surface area contributed by atoms with Crippen molar-refractivity contribution in [1.82, 2.24) is 5.32 Å². The van der Waals surface area contributed by atoms with Crippen molar-refractivity contribution in [2.45, 2.75) is 20.5 Å². The number of nitrogens with one attached hydrogen (secondary N) is 1. The van der Waals surface area contributed by atoms with Crippen LogP contribution in [0.4, 0.5) is 10.5 Å². The van der Waals surface area contributed by atoms with Crippen LogP contribution in [0.25, 0.3) is 16.8 Å². The molecule has 0 saturated carbocycles. The molecule has 0 unspecified atom stereocenters. The second-order valence-electron chi connectivity index (χ2n) is 9.09. The van der Waals surface area contributed by atoms with E-state index in [-0.39, 0.29) is 5.57 Å². The van der Waals surface area contributed by atoms with Crippen LogP contribution in [0.3, 0.4) is 0 Å². The summed E-state index contributed by atoms with van der Waals surface area (Å²) in [5, 5.41) is 4.62. The number of aryl methyl sites for hydroxylation is 2. The lowest BCUT2D eigenvalue weighted by molar-refractivity contribution is -0.122. The average Bonchev–Trinajstić information content (AvgIpc) is 2.85. The van der Waals surface area contributed by atoms with Crippen molar-refractivity contribution in [3.8, 4) is 5.75 Å². The number of rotatable bonds is 5. The Morgan fingerprint density at radius 2 is 1.50 bits per heavy atom. The Kier molecular flexibility index (Phi) is 7.53.